The van der Waals surface area contributed by atoms with Gasteiger partial charge < -0.3 is 19.9 Å². The third kappa shape index (κ3) is 6.53. The average Bonchev–Trinajstić information content (AvgIpc) is 2.53. The number of rotatable bonds is 6. The molecule has 0 saturated carbocycles. The minimum absolute atomic E-state index is 0.0723. The van der Waals surface area contributed by atoms with Crippen molar-refractivity contribution < 1.29 is 33.0 Å². The number of amides is 1. The molecular formula is C20H21F2NO5. The summed E-state index contributed by atoms with van der Waals surface area (Å²) in [5.74, 6) is -2.73. The third-order valence-corrected chi connectivity index (χ3v) is 3.45. The van der Waals surface area contributed by atoms with Gasteiger partial charge in [-0.1, -0.05) is 18.2 Å². The molecule has 0 aliphatic heterocycles. The van der Waals surface area contributed by atoms with E-state index < -0.39 is 35.3 Å². The molecule has 1 amide bonds. The molecule has 0 bridgehead atoms. The number of para-hydroxylation sites is 1. The molecule has 0 fully saturated rings. The first kappa shape index (κ1) is 21.1. The highest BCUT2D eigenvalue weighted by atomic mass is 19.1. The lowest BCUT2D eigenvalue weighted by Crippen LogP contribution is -2.44. The molecule has 0 aliphatic rings. The van der Waals surface area contributed by atoms with Crippen molar-refractivity contribution in [1.82, 2.24) is 5.32 Å². The molecule has 2 aromatic rings. The molecule has 0 aromatic heterocycles. The summed E-state index contributed by atoms with van der Waals surface area (Å²) in [5, 5.41) is 11.7. The summed E-state index contributed by atoms with van der Waals surface area (Å²) in [6, 6.07) is 7.85. The zero-order valence-corrected chi connectivity index (χ0v) is 15.7. The quantitative estimate of drug-likeness (QED) is 0.765. The molecule has 1 atom stereocenters. The first-order valence-corrected chi connectivity index (χ1v) is 8.47. The van der Waals surface area contributed by atoms with Crippen LogP contribution in [0.4, 0.5) is 13.6 Å². The minimum Gasteiger partial charge on any atom is -0.480 e. The molecule has 0 aliphatic carbocycles. The SMILES string of the molecule is CC(C)(C)OC(=O)NC(Cc1ccccc1Oc1cc(F)cc(F)c1)C(=O)O. The van der Waals surface area contributed by atoms with Crippen LogP contribution in [0, 0.1) is 11.6 Å². The van der Waals surface area contributed by atoms with Gasteiger partial charge in [-0.3, -0.25) is 0 Å². The molecule has 0 radical (unpaired) electrons. The highest BCUT2D eigenvalue weighted by Gasteiger charge is 2.25. The number of nitrogens with one attached hydrogen (secondary N) is 1. The van der Waals surface area contributed by atoms with E-state index >= 15 is 0 Å². The number of ether oxygens (including phenoxy) is 2. The lowest BCUT2D eigenvalue weighted by Gasteiger charge is -2.22. The van der Waals surface area contributed by atoms with Crippen LogP contribution in [0.15, 0.2) is 42.5 Å². The number of hydrogen-bond acceptors (Lipinski definition) is 4. The maximum atomic E-state index is 13.4. The molecule has 6 nitrogen and oxygen atoms in total. The Morgan fingerprint density at radius 2 is 1.71 bits per heavy atom. The van der Waals surface area contributed by atoms with Crippen LogP contribution in [0.25, 0.3) is 0 Å². The van der Waals surface area contributed by atoms with Crippen molar-refractivity contribution in [2.24, 2.45) is 0 Å². The number of aliphatic carboxylic acids is 1. The van der Waals surface area contributed by atoms with E-state index in [2.05, 4.69) is 5.32 Å². The summed E-state index contributed by atoms with van der Waals surface area (Å²) in [7, 11) is 0. The molecule has 28 heavy (non-hydrogen) atoms. The fourth-order valence-electron chi connectivity index (χ4n) is 2.36. The highest BCUT2D eigenvalue weighted by Crippen LogP contribution is 2.27. The van der Waals surface area contributed by atoms with Gasteiger partial charge in [0.1, 0.15) is 34.8 Å². The van der Waals surface area contributed by atoms with Crippen molar-refractivity contribution in [3.8, 4) is 11.5 Å². The van der Waals surface area contributed by atoms with E-state index in [1.807, 2.05) is 0 Å². The molecule has 1 unspecified atom stereocenters. The summed E-state index contributed by atoms with van der Waals surface area (Å²) in [4.78, 5) is 23.5. The van der Waals surface area contributed by atoms with E-state index in [1.54, 1.807) is 39.0 Å². The number of carboxylic acid groups (broad SMARTS) is 1. The second kappa shape index (κ2) is 8.69. The van der Waals surface area contributed by atoms with Gasteiger partial charge in [0.15, 0.2) is 0 Å². The van der Waals surface area contributed by atoms with Crippen LogP contribution in [0.2, 0.25) is 0 Å². The van der Waals surface area contributed by atoms with Gasteiger partial charge in [0.05, 0.1) is 0 Å². The van der Waals surface area contributed by atoms with Gasteiger partial charge >= 0.3 is 12.1 Å². The number of hydrogen-bond donors (Lipinski definition) is 2. The molecule has 2 aromatic carbocycles. The van der Waals surface area contributed by atoms with Crippen molar-refractivity contribution in [1.29, 1.82) is 0 Å². The molecule has 0 heterocycles. The number of carbonyl (C=O) groups excluding carboxylic acids is 1. The zero-order valence-electron chi connectivity index (χ0n) is 15.7. The van der Waals surface area contributed by atoms with Gasteiger partial charge in [-0.25, -0.2) is 18.4 Å². The maximum absolute atomic E-state index is 13.4. The predicted octanol–water partition coefficient (Wildman–Crippen LogP) is 4.28. The lowest BCUT2D eigenvalue weighted by atomic mass is 10.0. The predicted molar refractivity (Wildman–Crippen MR) is 97.4 cm³/mol. The summed E-state index contributed by atoms with van der Waals surface area (Å²) >= 11 is 0. The molecule has 8 heteroatoms. The fourth-order valence-corrected chi connectivity index (χ4v) is 2.36. The largest absolute Gasteiger partial charge is 0.480 e. The molecule has 150 valence electrons. The Morgan fingerprint density at radius 1 is 1.11 bits per heavy atom. The van der Waals surface area contributed by atoms with E-state index in [9.17, 15) is 23.5 Å². The third-order valence-electron chi connectivity index (χ3n) is 3.45. The normalized spacial score (nSPS) is 12.2. The highest BCUT2D eigenvalue weighted by molar-refractivity contribution is 5.80. The number of carboxylic acids is 1. The molecular weight excluding hydrogens is 372 g/mol. The zero-order chi connectivity index (χ0) is 20.9. The van der Waals surface area contributed by atoms with Crippen molar-refractivity contribution in [2.75, 3.05) is 0 Å². The fraction of sp³-hybridized carbons (Fsp3) is 0.300. The second-order valence-corrected chi connectivity index (χ2v) is 7.06. The Hall–Kier alpha value is -3.16. The Morgan fingerprint density at radius 3 is 2.29 bits per heavy atom. The van der Waals surface area contributed by atoms with Crippen LogP contribution in [0.1, 0.15) is 26.3 Å². The van der Waals surface area contributed by atoms with Crippen LogP contribution in [0.5, 0.6) is 11.5 Å². The molecule has 0 saturated heterocycles. The number of alkyl carbamates (subject to hydrolysis) is 1. The van der Waals surface area contributed by atoms with Crippen LogP contribution < -0.4 is 10.1 Å². The molecule has 0 spiro atoms. The maximum Gasteiger partial charge on any atom is 0.408 e. The van der Waals surface area contributed by atoms with Crippen LogP contribution >= 0.6 is 0 Å². The Kier molecular flexibility index (Phi) is 6.56. The standard InChI is InChI=1S/C20H21F2NO5/c1-20(2,3)28-19(26)23-16(18(24)25)8-12-6-4-5-7-17(12)27-15-10-13(21)9-14(22)11-15/h4-7,9-11,16H,8H2,1-3H3,(H,23,26)(H,24,25). The van der Waals surface area contributed by atoms with Gasteiger partial charge in [0.25, 0.3) is 0 Å². The van der Waals surface area contributed by atoms with Crippen molar-refractivity contribution >= 4 is 12.1 Å². The van der Waals surface area contributed by atoms with Gasteiger partial charge in [0.2, 0.25) is 0 Å². The lowest BCUT2D eigenvalue weighted by molar-refractivity contribution is -0.139. The van der Waals surface area contributed by atoms with Crippen LogP contribution in [-0.2, 0) is 16.0 Å². The molecule has 2 rings (SSSR count). The number of halogens is 2. The van der Waals surface area contributed by atoms with Crippen molar-refractivity contribution in [3.05, 3.63) is 59.7 Å². The minimum atomic E-state index is -1.29. The monoisotopic (exact) mass is 393 g/mol. The average molecular weight is 393 g/mol. The van der Waals surface area contributed by atoms with E-state index in [4.69, 9.17) is 9.47 Å². The Balaban J connectivity index is 2.19. The summed E-state index contributed by atoms with van der Waals surface area (Å²) in [5.41, 5.74) is -0.356. The first-order valence-electron chi connectivity index (χ1n) is 8.47. The van der Waals surface area contributed by atoms with Gasteiger partial charge in [-0.05, 0) is 32.4 Å². The number of benzene rings is 2. The van der Waals surface area contributed by atoms with E-state index in [1.165, 1.54) is 6.07 Å². The van der Waals surface area contributed by atoms with E-state index in [0.29, 0.717) is 11.6 Å². The van der Waals surface area contributed by atoms with Gasteiger partial charge in [-0.15, -0.1) is 0 Å². The first-order chi connectivity index (χ1) is 13.0. The Labute approximate surface area is 161 Å². The van der Waals surface area contributed by atoms with Crippen LogP contribution in [0.3, 0.4) is 0 Å². The van der Waals surface area contributed by atoms with Gasteiger partial charge in [0, 0.05) is 24.6 Å². The van der Waals surface area contributed by atoms with Crippen molar-refractivity contribution in [2.45, 2.75) is 38.8 Å². The van der Waals surface area contributed by atoms with E-state index in [-0.39, 0.29) is 17.9 Å². The topological polar surface area (TPSA) is 84.9 Å². The second-order valence-electron chi connectivity index (χ2n) is 7.06. The van der Waals surface area contributed by atoms with Gasteiger partial charge in [-0.2, -0.15) is 0 Å². The van der Waals surface area contributed by atoms with Crippen molar-refractivity contribution in [3.63, 3.8) is 0 Å². The summed E-state index contributed by atoms with van der Waals surface area (Å²) in [6.45, 7) is 4.97. The summed E-state index contributed by atoms with van der Waals surface area (Å²) < 4.78 is 37.3. The number of carbonyl (C=O) groups is 2. The smallest absolute Gasteiger partial charge is 0.408 e. The molecule has 2 N–H and O–H groups in total. The Bertz CT molecular complexity index is 844. The van der Waals surface area contributed by atoms with E-state index in [0.717, 1.165) is 12.1 Å². The van der Waals surface area contributed by atoms with Crippen LogP contribution in [-0.4, -0.2) is 28.8 Å². The summed E-state index contributed by atoms with van der Waals surface area (Å²) in [6.07, 6.45) is -0.992.